The Kier molecular flexibility index (Phi) is 11.0. The van der Waals surface area contributed by atoms with Gasteiger partial charge in [-0.3, -0.25) is 4.79 Å². The minimum Gasteiger partial charge on any atom is -0.342 e. The van der Waals surface area contributed by atoms with Gasteiger partial charge in [0.1, 0.15) is 0 Å². The molecule has 0 aromatic rings. The lowest BCUT2D eigenvalue weighted by molar-refractivity contribution is -0.136. The number of nitrogens with zero attached hydrogens (tertiary/aromatic N) is 2. The van der Waals surface area contributed by atoms with Crippen LogP contribution in [-0.2, 0) is 4.79 Å². The van der Waals surface area contributed by atoms with E-state index in [4.69, 9.17) is 5.73 Å². The predicted molar refractivity (Wildman–Crippen MR) is 118 cm³/mol. The van der Waals surface area contributed by atoms with Crippen LogP contribution in [0, 0.1) is 17.3 Å². The van der Waals surface area contributed by atoms with Crippen molar-refractivity contribution in [3.05, 3.63) is 0 Å². The summed E-state index contributed by atoms with van der Waals surface area (Å²) in [6.45, 7) is 8.69. The molecule has 3 fully saturated rings. The van der Waals surface area contributed by atoms with Gasteiger partial charge >= 0.3 is 0 Å². The Morgan fingerprint density at radius 2 is 1.67 bits per heavy atom. The number of halogens is 2. The van der Waals surface area contributed by atoms with Crippen molar-refractivity contribution in [3.63, 3.8) is 0 Å². The zero-order valence-corrected chi connectivity index (χ0v) is 18.8. The molecule has 3 rings (SSSR count). The number of likely N-dealkylation sites (tertiary alicyclic amines) is 2. The van der Waals surface area contributed by atoms with Gasteiger partial charge in [-0.1, -0.05) is 26.2 Å². The van der Waals surface area contributed by atoms with E-state index >= 15 is 0 Å². The molecule has 1 saturated carbocycles. The molecular weight excluding hydrogens is 381 g/mol. The van der Waals surface area contributed by atoms with Crippen molar-refractivity contribution in [2.24, 2.45) is 23.0 Å². The Morgan fingerprint density at radius 1 is 1.00 bits per heavy atom. The summed E-state index contributed by atoms with van der Waals surface area (Å²) in [5.74, 6) is 1.94. The number of hydrogen-bond acceptors (Lipinski definition) is 3. The molecule has 160 valence electrons. The SMILES string of the molecule is CC1CCN(CC2CCCN(C(=O)CC3(CN)CCCCC3)C2)CC1.Cl.Cl. The van der Waals surface area contributed by atoms with Crippen molar-refractivity contribution in [1.82, 2.24) is 9.80 Å². The monoisotopic (exact) mass is 421 g/mol. The summed E-state index contributed by atoms with van der Waals surface area (Å²) >= 11 is 0. The summed E-state index contributed by atoms with van der Waals surface area (Å²) in [6, 6.07) is 0. The van der Waals surface area contributed by atoms with Gasteiger partial charge in [-0.05, 0) is 75.4 Å². The van der Waals surface area contributed by atoms with Crippen molar-refractivity contribution < 1.29 is 4.79 Å². The van der Waals surface area contributed by atoms with Crippen LogP contribution < -0.4 is 5.73 Å². The number of carbonyl (C=O) groups is 1. The maximum absolute atomic E-state index is 13.0. The number of amides is 1. The van der Waals surface area contributed by atoms with Gasteiger partial charge in [-0.2, -0.15) is 0 Å². The van der Waals surface area contributed by atoms with Gasteiger partial charge < -0.3 is 15.5 Å². The number of rotatable bonds is 5. The maximum atomic E-state index is 13.0. The molecule has 0 bridgehead atoms. The van der Waals surface area contributed by atoms with Gasteiger partial charge in [0.05, 0.1) is 0 Å². The lowest BCUT2D eigenvalue weighted by Crippen LogP contribution is -2.47. The molecule has 1 unspecified atom stereocenters. The molecule has 2 aliphatic heterocycles. The number of nitrogens with two attached hydrogens (primary N) is 1. The second kappa shape index (κ2) is 11.8. The van der Waals surface area contributed by atoms with Gasteiger partial charge in [0, 0.05) is 26.1 Å². The van der Waals surface area contributed by atoms with Crippen LogP contribution >= 0.6 is 24.8 Å². The zero-order chi connectivity index (χ0) is 17.7. The molecule has 0 radical (unpaired) electrons. The molecule has 4 nitrogen and oxygen atoms in total. The van der Waals surface area contributed by atoms with Gasteiger partial charge in [-0.25, -0.2) is 0 Å². The van der Waals surface area contributed by atoms with Crippen molar-refractivity contribution in [2.45, 2.75) is 71.1 Å². The van der Waals surface area contributed by atoms with E-state index < -0.39 is 0 Å². The third-order valence-electron chi connectivity index (χ3n) is 7.14. The Hall–Kier alpha value is -0.0300. The summed E-state index contributed by atoms with van der Waals surface area (Å²) in [5.41, 5.74) is 6.20. The quantitative estimate of drug-likeness (QED) is 0.726. The highest BCUT2D eigenvalue weighted by Crippen LogP contribution is 2.39. The van der Waals surface area contributed by atoms with Crippen LogP contribution in [0.25, 0.3) is 0 Å². The topological polar surface area (TPSA) is 49.6 Å². The van der Waals surface area contributed by atoms with Crippen LogP contribution in [0.3, 0.4) is 0 Å². The van der Waals surface area contributed by atoms with Gasteiger partial charge in [0.25, 0.3) is 0 Å². The van der Waals surface area contributed by atoms with Crippen LogP contribution in [0.4, 0.5) is 0 Å². The first-order chi connectivity index (χ1) is 12.1. The second-order valence-corrected chi connectivity index (χ2v) is 9.27. The molecular formula is C21H41Cl2N3O. The Labute approximate surface area is 178 Å². The van der Waals surface area contributed by atoms with E-state index in [2.05, 4.69) is 16.7 Å². The minimum atomic E-state index is 0. The van der Waals surface area contributed by atoms with Gasteiger partial charge in [0.2, 0.25) is 5.91 Å². The third-order valence-corrected chi connectivity index (χ3v) is 7.14. The first-order valence-electron chi connectivity index (χ1n) is 10.8. The average Bonchev–Trinajstić information content (AvgIpc) is 2.64. The van der Waals surface area contributed by atoms with Crippen molar-refractivity contribution in [2.75, 3.05) is 39.3 Å². The van der Waals surface area contributed by atoms with Crippen molar-refractivity contribution in [3.8, 4) is 0 Å². The highest BCUT2D eigenvalue weighted by atomic mass is 35.5. The molecule has 1 atom stereocenters. The molecule has 2 saturated heterocycles. The Morgan fingerprint density at radius 3 is 2.30 bits per heavy atom. The lowest BCUT2D eigenvalue weighted by atomic mass is 9.71. The van der Waals surface area contributed by atoms with E-state index in [0.29, 0.717) is 24.8 Å². The standard InChI is InChI=1S/C21H39N3O.2ClH/c1-18-7-12-23(13-8-18)15-19-6-5-11-24(16-19)20(25)14-21(17-22)9-3-2-4-10-21;;/h18-19H,2-17,22H2,1H3;2*1H. The Bertz CT molecular complexity index is 435. The first kappa shape index (κ1) is 25.0. The van der Waals surface area contributed by atoms with Crippen LogP contribution in [-0.4, -0.2) is 55.0 Å². The molecule has 2 heterocycles. The fraction of sp³-hybridized carbons (Fsp3) is 0.952. The summed E-state index contributed by atoms with van der Waals surface area (Å²) in [5, 5.41) is 0. The fourth-order valence-electron chi connectivity index (χ4n) is 5.24. The van der Waals surface area contributed by atoms with Gasteiger partial charge in [-0.15, -0.1) is 24.8 Å². The molecule has 1 aliphatic carbocycles. The van der Waals surface area contributed by atoms with E-state index in [-0.39, 0.29) is 30.2 Å². The van der Waals surface area contributed by atoms with E-state index in [1.165, 1.54) is 64.6 Å². The van der Waals surface area contributed by atoms with Crippen LogP contribution in [0.1, 0.15) is 71.1 Å². The molecule has 1 amide bonds. The van der Waals surface area contributed by atoms with Crippen LogP contribution in [0.15, 0.2) is 0 Å². The maximum Gasteiger partial charge on any atom is 0.223 e. The molecule has 6 heteroatoms. The average molecular weight is 422 g/mol. The second-order valence-electron chi connectivity index (χ2n) is 9.27. The normalized spacial score (nSPS) is 26.7. The molecule has 2 N–H and O–H groups in total. The lowest BCUT2D eigenvalue weighted by Gasteiger charge is -2.40. The summed E-state index contributed by atoms with van der Waals surface area (Å²) in [4.78, 5) is 17.8. The predicted octanol–water partition coefficient (Wildman–Crippen LogP) is 4.10. The Balaban J connectivity index is 0.00000182. The highest BCUT2D eigenvalue weighted by molar-refractivity contribution is 5.85. The first-order valence-corrected chi connectivity index (χ1v) is 10.8. The van der Waals surface area contributed by atoms with Crippen molar-refractivity contribution in [1.29, 1.82) is 0 Å². The summed E-state index contributed by atoms with van der Waals surface area (Å²) < 4.78 is 0. The molecule has 0 aromatic heterocycles. The number of hydrogen-bond donors (Lipinski definition) is 1. The van der Waals surface area contributed by atoms with Crippen LogP contribution in [0.5, 0.6) is 0 Å². The largest absolute Gasteiger partial charge is 0.342 e. The minimum absolute atomic E-state index is 0. The fourth-order valence-corrected chi connectivity index (χ4v) is 5.24. The molecule has 0 aromatic carbocycles. The summed E-state index contributed by atoms with van der Waals surface area (Å²) in [7, 11) is 0. The number of carbonyl (C=O) groups excluding carboxylic acids is 1. The van der Waals surface area contributed by atoms with Gasteiger partial charge in [0.15, 0.2) is 0 Å². The zero-order valence-electron chi connectivity index (χ0n) is 17.2. The van der Waals surface area contributed by atoms with E-state index in [0.717, 1.165) is 31.8 Å². The molecule has 3 aliphatic rings. The molecule has 27 heavy (non-hydrogen) atoms. The highest BCUT2D eigenvalue weighted by Gasteiger charge is 2.35. The van der Waals surface area contributed by atoms with Crippen LogP contribution in [0.2, 0.25) is 0 Å². The molecule has 0 spiro atoms. The van der Waals surface area contributed by atoms with E-state index in [1.54, 1.807) is 0 Å². The summed E-state index contributed by atoms with van der Waals surface area (Å²) in [6.07, 6.45) is 12.0. The van der Waals surface area contributed by atoms with E-state index in [1.807, 2.05) is 0 Å². The van der Waals surface area contributed by atoms with E-state index in [9.17, 15) is 4.79 Å². The smallest absolute Gasteiger partial charge is 0.223 e. The van der Waals surface area contributed by atoms with Crippen molar-refractivity contribution >= 4 is 30.7 Å². The number of piperidine rings is 2. The third kappa shape index (κ3) is 7.06.